The van der Waals surface area contributed by atoms with Crippen LogP contribution in [0, 0.1) is 5.92 Å². The Morgan fingerprint density at radius 2 is 1.89 bits per heavy atom. The molecule has 1 N–H and O–H groups in total. The van der Waals surface area contributed by atoms with Crippen LogP contribution in [0.4, 0.5) is 0 Å². The van der Waals surface area contributed by atoms with E-state index >= 15 is 0 Å². The molecule has 4 nitrogen and oxygen atoms in total. The normalized spacial score (nSPS) is 39.4. The van der Waals surface area contributed by atoms with Gasteiger partial charge in [-0.1, -0.05) is 0 Å². The summed E-state index contributed by atoms with van der Waals surface area (Å²) in [5.41, 5.74) is 0. The fraction of sp³-hybridized carbons (Fsp3) is 0.933. The lowest BCUT2D eigenvalue weighted by Gasteiger charge is -2.40. The van der Waals surface area contributed by atoms with Crippen molar-refractivity contribution in [2.75, 3.05) is 13.2 Å². The molecular formula is C15H25NO3. The van der Waals surface area contributed by atoms with Crippen molar-refractivity contribution in [3.05, 3.63) is 0 Å². The Labute approximate surface area is 115 Å². The Kier molecular flexibility index (Phi) is 4.08. The van der Waals surface area contributed by atoms with Crippen molar-refractivity contribution in [3.63, 3.8) is 0 Å². The number of piperidine rings is 1. The molecule has 3 unspecified atom stereocenters. The third kappa shape index (κ3) is 3.11. The zero-order valence-electron chi connectivity index (χ0n) is 11.6. The maximum absolute atomic E-state index is 10.9. The zero-order chi connectivity index (χ0) is 13.2. The fourth-order valence-electron chi connectivity index (χ4n) is 4.29. The van der Waals surface area contributed by atoms with Crippen molar-refractivity contribution in [2.24, 2.45) is 5.92 Å². The summed E-state index contributed by atoms with van der Waals surface area (Å²) >= 11 is 0. The largest absolute Gasteiger partial charge is 0.481 e. The van der Waals surface area contributed by atoms with Crippen LogP contribution in [-0.4, -0.2) is 47.3 Å². The molecule has 0 saturated carbocycles. The molecule has 3 atom stereocenters. The van der Waals surface area contributed by atoms with Gasteiger partial charge in [0.05, 0.1) is 6.10 Å². The summed E-state index contributed by atoms with van der Waals surface area (Å²) in [4.78, 5) is 13.5. The molecule has 3 aliphatic rings. The van der Waals surface area contributed by atoms with E-state index < -0.39 is 5.97 Å². The standard InChI is InChI=1S/C15H25NO3/c17-15(18)9-11-7-12-4-5-13(8-11)16(12)10-14-3-1-2-6-19-14/h11-14H,1-10H2,(H,17,18). The van der Waals surface area contributed by atoms with Gasteiger partial charge in [0.1, 0.15) is 0 Å². The van der Waals surface area contributed by atoms with Crippen LogP contribution >= 0.6 is 0 Å². The quantitative estimate of drug-likeness (QED) is 0.849. The highest BCUT2D eigenvalue weighted by Gasteiger charge is 2.41. The number of hydrogen-bond donors (Lipinski definition) is 1. The zero-order valence-corrected chi connectivity index (χ0v) is 11.6. The van der Waals surface area contributed by atoms with Crippen LogP contribution in [0.25, 0.3) is 0 Å². The number of carboxylic acid groups (broad SMARTS) is 1. The Hall–Kier alpha value is -0.610. The van der Waals surface area contributed by atoms with Gasteiger partial charge in [0.2, 0.25) is 0 Å². The van der Waals surface area contributed by atoms with E-state index in [0.29, 0.717) is 30.5 Å². The van der Waals surface area contributed by atoms with E-state index in [0.717, 1.165) is 26.0 Å². The van der Waals surface area contributed by atoms with Crippen LogP contribution < -0.4 is 0 Å². The predicted octanol–water partition coefficient (Wildman–Crippen LogP) is 2.27. The van der Waals surface area contributed by atoms with Gasteiger partial charge in [-0.05, 0) is 50.9 Å². The summed E-state index contributed by atoms with van der Waals surface area (Å²) in [6.45, 7) is 2.00. The third-order valence-corrected chi connectivity index (χ3v) is 5.13. The lowest BCUT2D eigenvalue weighted by Crippen LogP contribution is -2.47. The predicted molar refractivity (Wildman–Crippen MR) is 72.1 cm³/mol. The number of carbonyl (C=O) groups is 1. The maximum Gasteiger partial charge on any atom is 0.303 e. The van der Waals surface area contributed by atoms with Crippen LogP contribution in [0.15, 0.2) is 0 Å². The molecule has 108 valence electrons. The fourth-order valence-corrected chi connectivity index (χ4v) is 4.29. The summed E-state index contributed by atoms with van der Waals surface area (Å²) in [6.07, 6.45) is 9.17. The smallest absolute Gasteiger partial charge is 0.303 e. The van der Waals surface area contributed by atoms with Crippen LogP contribution in [0.3, 0.4) is 0 Å². The van der Waals surface area contributed by atoms with E-state index in [-0.39, 0.29) is 0 Å². The molecule has 0 spiro atoms. The van der Waals surface area contributed by atoms with Gasteiger partial charge in [0.15, 0.2) is 0 Å². The minimum absolute atomic E-state index is 0.362. The molecule has 3 aliphatic heterocycles. The molecule has 0 radical (unpaired) electrons. The van der Waals surface area contributed by atoms with E-state index in [2.05, 4.69) is 4.90 Å². The van der Waals surface area contributed by atoms with Crippen LogP contribution in [0.1, 0.15) is 51.4 Å². The SMILES string of the molecule is O=C(O)CC1CC2CCC(C1)N2CC1CCCCO1. The van der Waals surface area contributed by atoms with E-state index in [1.54, 1.807) is 0 Å². The van der Waals surface area contributed by atoms with Crippen molar-refractivity contribution in [2.45, 2.75) is 69.6 Å². The molecule has 0 aliphatic carbocycles. The molecule has 2 bridgehead atoms. The van der Waals surface area contributed by atoms with E-state index in [9.17, 15) is 4.79 Å². The minimum Gasteiger partial charge on any atom is -0.481 e. The van der Waals surface area contributed by atoms with Gasteiger partial charge in [-0.3, -0.25) is 9.69 Å². The first kappa shape index (κ1) is 13.4. The number of fused-ring (bicyclic) bond motifs is 2. The van der Waals surface area contributed by atoms with Gasteiger partial charge >= 0.3 is 5.97 Å². The first-order valence-electron chi connectivity index (χ1n) is 7.81. The summed E-state index contributed by atoms with van der Waals surface area (Å²) in [6, 6.07) is 1.24. The molecule has 19 heavy (non-hydrogen) atoms. The summed E-state index contributed by atoms with van der Waals surface area (Å²) in [5, 5.41) is 8.95. The average molecular weight is 267 g/mol. The number of carboxylic acids is 1. The van der Waals surface area contributed by atoms with Gasteiger partial charge in [-0.25, -0.2) is 0 Å². The van der Waals surface area contributed by atoms with E-state index in [4.69, 9.17) is 9.84 Å². The summed E-state index contributed by atoms with van der Waals surface area (Å²) in [7, 11) is 0. The second-order valence-corrected chi connectivity index (χ2v) is 6.51. The lowest BCUT2D eigenvalue weighted by atomic mass is 9.88. The molecule has 3 heterocycles. The second kappa shape index (κ2) is 5.80. The van der Waals surface area contributed by atoms with Crippen molar-refractivity contribution < 1.29 is 14.6 Å². The molecular weight excluding hydrogens is 242 g/mol. The molecule has 3 saturated heterocycles. The van der Waals surface area contributed by atoms with Gasteiger partial charge < -0.3 is 9.84 Å². The number of nitrogens with zero attached hydrogens (tertiary/aromatic N) is 1. The molecule has 0 amide bonds. The summed E-state index contributed by atoms with van der Waals surface area (Å²) < 4.78 is 5.86. The van der Waals surface area contributed by atoms with Gasteiger partial charge in [0, 0.05) is 31.7 Å². The topological polar surface area (TPSA) is 49.8 Å². The molecule has 0 aromatic heterocycles. The minimum atomic E-state index is -0.631. The Morgan fingerprint density at radius 3 is 2.47 bits per heavy atom. The van der Waals surface area contributed by atoms with Crippen molar-refractivity contribution >= 4 is 5.97 Å². The maximum atomic E-state index is 10.9. The van der Waals surface area contributed by atoms with Crippen molar-refractivity contribution in [1.29, 1.82) is 0 Å². The first-order chi connectivity index (χ1) is 9.22. The van der Waals surface area contributed by atoms with Gasteiger partial charge in [0.25, 0.3) is 0 Å². The number of ether oxygens (including phenoxy) is 1. The average Bonchev–Trinajstić information content (AvgIpc) is 2.62. The van der Waals surface area contributed by atoms with Crippen molar-refractivity contribution in [3.8, 4) is 0 Å². The Bertz CT molecular complexity index is 313. The molecule has 4 heteroatoms. The van der Waals surface area contributed by atoms with Crippen LogP contribution in [0.5, 0.6) is 0 Å². The van der Waals surface area contributed by atoms with Gasteiger partial charge in [-0.15, -0.1) is 0 Å². The Balaban J connectivity index is 1.55. The molecule has 0 aromatic rings. The number of rotatable bonds is 4. The Morgan fingerprint density at radius 1 is 1.16 bits per heavy atom. The highest BCUT2D eigenvalue weighted by Crippen LogP contribution is 2.40. The van der Waals surface area contributed by atoms with Gasteiger partial charge in [-0.2, -0.15) is 0 Å². The second-order valence-electron chi connectivity index (χ2n) is 6.51. The molecule has 3 rings (SSSR count). The third-order valence-electron chi connectivity index (χ3n) is 5.13. The monoisotopic (exact) mass is 267 g/mol. The first-order valence-corrected chi connectivity index (χ1v) is 7.81. The van der Waals surface area contributed by atoms with Crippen LogP contribution in [-0.2, 0) is 9.53 Å². The lowest BCUT2D eigenvalue weighted by molar-refractivity contribution is -0.138. The number of hydrogen-bond acceptors (Lipinski definition) is 3. The molecule has 0 aromatic carbocycles. The summed E-state index contributed by atoms with van der Waals surface area (Å²) in [5.74, 6) is -0.230. The highest BCUT2D eigenvalue weighted by atomic mass is 16.5. The van der Waals surface area contributed by atoms with Crippen LogP contribution in [0.2, 0.25) is 0 Å². The highest BCUT2D eigenvalue weighted by molar-refractivity contribution is 5.67. The van der Waals surface area contributed by atoms with Crippen molar-refractivity contribution in [1.82, 2.24) is 4.90 Å². The molecule has 3 fully saturated rings. The number of aliphatic carboxylic acids is 1. The van der Waals surface area contributed by atoms with E-state index in [1.165, 1.54) is 32.1 Å². The van der Waals surface area contributed by atoms with E-state index in [1.807, 2.05) is 0 Å².